The highest BCUT2D eigenvalue weighted by molar-refractivity contribution is 8.18. The van der Waals surface area contributed by atoms with Crippen molar-refractivity contribution in [2.75, 3.05) is 0 Å². The van der Waals surface area contributed by atoms with Gasteiger partial charge in [-0.3, -0.25) is 4.79 Å². The van der Waals surface area contributed by atoms with Crippen molar-refractivity contribution in [3.8, 4) is 0 Å². The van der Waals surface area contributed by atoms with Gasteiger partial charge in [0.2, 0.25) is 0 Å². The molecule has 130 valence electrons. The molecule has 0 saturated carbocycles. The second-order valence-corrected chi connectivity index (χ2v) is 7.64. The Bertz CT molecular complexity index is 873. The summed E-state index contributed by atoms with van der Waals surface area (Å²) in [5.41, 5.74) is 5.50. The summed E-state index contributed by atoms with van der Waals surface area (Å²) in [6.45, 7) is 10.6. The molecular formula is C20H23N3OS. The number of thioether (sulfide) groups is 1. The monoisotopic (exact) mass is 353 g/mol. The van der Waals surface area contributed by atoms with E-state index in [4.69, 9.17) is 0 Å². The first-order valence-corrected chi connectivity index (χ1v) is 9.21. The predicted molar refractivity (Wildman–Crippen MR) is 106 cm³/mol. The van der Waals surface area contributed by atoms with Crippen molar-refractivity contribution in [3.63, 3.8) is 0 Å². The number of aryl methyl sites for hydroxylation is 2. The third-order valence-corrected chi connectivity index (χ3v) is 5.15. The van der Waals surface area contributed by atoms with E-state index in [0.29, 0.717) is 16.1 Å². The maximum absolute atomic E-state index is 12.3. The van der Waals surface area contributed by atoms with Crippen LogP contribution >= 0.6 is 11.8 Å². The van der Waals surface area contributed by atoms with Gasteiger partial charge in [0.05, 0.1) is 10.6 Å². The van der Waals surface area contributed by atoms with E-state index >= 15 is 0 Å². The van der Waals surface area contributed by atoms with Gasteiger partial charge >= 0.3 is 0 Å². The quantitative estimate of drug-likeness (QED) is 0.799. The number of amidine groups is 1. The Balaban J connectivity index is 1.87. The van der Waals surface area contributed by atoms with Crippen molar-refractivity contribution in [1.29, 1.82) is 0 Å². The summed E-state index contributed by atoms with van der Waals surface area (Å²) in [5.74, 6) is -0.0924. The summed E-state index contributed by atoms with van der Waals surface area (Å²) in [7, 11) is 0. The summed E-state index contributed by atoms with van der Waals surface area (Å²) >= 11 is 1.39. The molecule has 0 bridgehead atoms. The normalized spacial score (nSPS) is 17.8. The number of hydrogen-bond donors (Lipinski definition) is 1. The fourth-order valence-corrected chi connectivity index (χ4v) is 3.93. The Morgan fingerprint density at radius 3 is 2.44 bits per heavy atom. The number of aromatic nitrogens is 1. The molecule has 2 heterocycles. The molecule has 4 nitrogen and oxygen atoms in total. The van der Waals surface area contributed by atoms with Crippen LogP contribution in [0.4, 0.5) is 5.69 Å². The number of aliphatic imine (C=N–C) groups is 1. The number of nitrogens with one attached hydrogen (secondary N) is 1. The van der Waals surface area contributed by atoms with Crippen LogP contribution in [0.5, 0.6) is 0 Å². The van der Waals surface area contributed by atoms with E-state index in [2.05, 4.69) is 48.6 Å². The lowest BCUT2D eigenvalue weighted by atomic mass is 10.2. The van der Waals surface area contributed by atoms with Gasteiger partial charge in [0.25, 0.3) is 5.91 Å². The zero-order valence-corrected chi connectivity index (χ0v) is 16.1. The number of amides is 1. The molecule has 1 fully saturated rings. The maximum atomic E-state index is 12.3. The lowest BCUT2D eigenvalue weighted by Crippen LogP contribution is -2.19. The molecule has 0 aliphatic carbocycles. The number of nitrogens with zero attached hydrogens (tertiary/aromatic N) is 2. The summed E-state index contributed by atoms with van der Waals surface area (Å²) in [6.07, 6.45) is 1.96. The summed E-state index contributed by atoms with van der Waals surface area (Å²) in [6, 6.07) is 10.5. The molecule has 1 amide bonds. The average Bonchev–Trinajstić information content (AvgIpc) is 3.02. The van der Waals surface area contributed by atoms with Gasteiger partial charge < -0.3 is 9.88 Å². The van der Waals surface area contributed by atoms with Crippen LogP contribution in [0.1, 0.15) is 42.4 Å². The Labute approximate surface area is 153 Å². The highest BCUT2D eigenvalue weighted by Gasteiger charge is 2.24. The van der Waals surface area contributed by atoms with E-state index in [0.717, 1.165) is 11.3 Å². The molecule has 0 unspecified atom stereocenters. The molecule has 5 heteroatoms. The van der Waals surface area contributed by atoms with Gasteiger partial charge in [-0.1, -0.05) is 17.7 Å². The molecule has 0 radical (unpaired) electrons. The minimum Gasteiger partial charge on any atom is -0.346 e. The molecule has 1 aliphatic rings. The van der Waals surface area contributed by atoms with E-state index in [1.807, 2.05) is 37.3 Å². The van der Waals surface area contributed by atoms with E-state index in [-0.39, 0.29) is 5.91 Å². The smallest absolute Gasteiger partial charge is 0.264 e. The average molecular weight is 353 g/mol. The lowest BCUT2D eigenvalue weighted by molar-refractivity contribution is -0.115. The van der Waals surface area contributed by atoms with Gasteiger partial charge in [-0.05, 0) is 76.2 Å². The van der Waals surface area contributed by atoms with E-state index in [1.165, 1.54) is 28.7 Å². The molecule has 1 aromatic carbocycles. The Kier molecular flexibility index (Phi) is 4.86. The molecule has 25 heavy (non-hydrogen) atoms. The minimum atomic E-state index is -0.0924. The van der Waals surface area contributed by atoms with Crippen molar-refractivity contribution in [3.05, 3.63) is 57.8 Å². The summed E-state index contributed by atoms with van der Waals surface area (Å²) < 4.78 is 2.28. The van der Waals surface area contributed by atoms with Crippen molar-refractivity contribution in [1.82, 2.24) is 9.88 Å². The molecular weight excluding hydrogens is 330 g/mol. The van der Waals surface area contributed by atoms with Gasteiger partial charge in [-0.25, -0.2) is 4.99 Å². The highest BCUT2D eigenvalue weighted by Crippen LogP contribution is 2.30. The summed E-state index contributed by atoms with van der Waals surface area (Å²) in [4.78, 5) is 17.5. The van der Waals surface area contributed by atoms with E-state index in [1.54, 1.807) is 0 Å². The number of carbonyl (C=O) groups is 1. The summed E-state index contributed by atoms with van der Waals surface area (Å²) in [5, 5.41) is 3.47. The van der Waals surface area contributed by atoms with Crippen molar-refractivity contribution < 1.29 is 4.79 Å². The Morgan fingerprint density at radius 1 is 1.16 bits per heavy atom. The van der Waals surface area contributed by atoms with Crippen LogP contribution in [-0.2, 0) is 4.79 Å². The van der Waals surface area contributed by atoms with Crippen molar-refractivity contribution in [2.45, 2.75) is 40.7 Å². The number of benzene rings is 1. The fourth-order valence-electron chi connectivity index (χ4n) is 3.10. The molecule has 2 aromatic rings. The van der Waals surface area contributed by atoms with Gasteiger partial charge in [0, 0.05) is 17.4 Å². The maximum Gasteiger partial charge on any atom is 0.264 e. The first-order chi connectivity index (χ1) is 11.8. The topological polar surface area (TPSA) is 46.4 Å². The largest absolute Gasteiger partial charge is 0.346 e. The van der Waals surface area contributed by atoms with Gasteiger partial charge in [0.1, 0.15) is 0 Å². The first kappa shape index (κ1) is 17.5. The molecule has 1 aromatic heterocycles. The van der Waals surface area contributed by atoms with Gasteiger partial charge in [-0.2, -0.15) is 0 Å². The molecule has 1 aliphatic heterocycles. The number of hydrogen-bond acceptors (Lipinski definition) is 3. The van der Waals surface area contributed by atoms with Gasteiger partial charge in [0.15, 0.2) is 5.17 Å². The predicted octanol–water partition coefficient (Wildman–Crippen LogP) is 4.89. The second kappa shape index (κ2) is 6.92. The molecule has 0 spiro atoms. The zero-order chi connectivity index (χ0) is 18.1. The van der Waals surface area contributed by atoms with Crippen LogP contribution in [0.3, 0.4) is 0 Å². The standard InChI is InChI=1S/C20H23N3OS/c1-12(2)23-14(4)10-16(15(23)5)11-18-19(24)22-20(25-18)21-17-8-6-13(3)7-9-17/h6-12H,1-5H3,(H,21,22,24)/b18-11+. The van der Waals surface area contributed by atoms with Crippen LogP contribution in [-0.4, -0.2) is 15.6 Å². The second-order valence-electron chi connectivity index (χ2n) is 6.61. The van der Waals surface area contributed by atoms with E-state index < -0.39 is 0 Å². The fraction of sp³-hybridized carbons (Fsp3) is 0.300. The van der Waals surface area contributed by atoms with Crippen LogP contribution in [0, 0.1) is 20.8 Å². The third-order valence-electron chi connectivity index (χ3n) is 4.24. The van der Waals surface area contributed by atoms with E-state index in [9.17, 15) is 4.79 Å². The Morgan fingerprint density at radius 2 is 1.84 bits per heavy atom. The minimum absolute atomic E-state index is 0.0924. The number of carbonyl (C=O) groups excluding carboxylic acids is 1. The zero-order valence-electron chi connectivity index (χ0n) is 15.3. The van der Waals surface area contributed by atoms with Crippen LogP contribution in [0.25, 0.3) is 6.08 Å². The Hall–Kier alpha value is -2.27. The van der Waals surface area contributed by atoms with Crippen LogP contribution in [0.2, 0.25) is 0 Å². The highest BCUT2D eigenvalue weighted by atomic mass is 32.2. The third kappa shape index (κ3) is 3.71. The van der Waals surface area contributed by atoms with Crippen LogP contribution < -0.4 is 5.32 Å². The van der Waals surface area contributed by atoms with Crippen molar-refractivity contribution >= 4 is 34.6 Å². The molecule has 0 atom stereocenters. The SMILES string of the molecule is Cc1ccc(N=C2NC(=O)/C(=C\c3cc(C)n(C(C)C)c3C)S2)cc1. The molecule has 3 rings (SSSR count). The molecule has 1 saturated heterocycles. The van der Waals surface area contributed by atoms with Crippen molar-refractivity contribution in [2.24, 2.45) is 4.99 Å². The number of rotatable bonds is 3. The van der Waals surface area contributed by atoms with Crippen LogP contribution in [0.15, 0.2) is 40.2 Å². The lowest BCUT2D eigenvalue weighted by Gasteiger charge is -2.13. The first-order valence-electron chi connectivity index (χ1n) is 8.40. The molecule has 1 N–H and O–H groups in total. The van der Waals surface area contributed by atoms with Gasteiger partial charge in [-0.15, -0.1) is 0 Å².